The van der Waals surface area contributed by atoms with Gasteiger partial charge in [0, 0.05) is 24.0 Å². The average Bonchev–Trinajstić information content (AvgIpc) is 3.13. The summed E-state index contributed by atoms with van der Waals surface area (Å²) < 4.78 is 12.5. The first-order valence-corrected chi connectivity index (χ1v) is 11.3. The predicted molar refractivity (Wildman–Crippen MR) is 119 cm³/mol. The van der Waals surface area contributed by atoms with Gasteiger partial charge in [0.25, 0.3) is 0 Å². The number of esters is 1. The molecule has 0 aromatic heterocycles. The number of Topliss-reactive ketones (excluding diaryl/α,β-unsaturated/α-hetero) is 1. The van der Waals surface area contributed by atoms with Gasteiger partial charge in [0.15, 0.2) is 0 Å². The van der Waals surface area contributed by atoms with Crippen molar-refractivity contribution in [1.29, 1.82) is 0 Å². The number of amides is 1. The van der Waals surface area contributed by atoms with Crippen LogP contribution in [0.3, 0.4) is 0 Å². The highest BCUT2D eigenvalue weighted by atomic mass is 16.7. The molecular formula is C26H29NO5. The van der Waals surface area contributed by atoms with Gasteiger partial charge < -0.3 is 14.8 Å². The Kier molecular flexibility index (Phi) is 5.57. The molecule has 1 amide bonds. The van der Waals surface area contributed by atoms with Crippen LogP contribution in [0.4, 0.5) is 0 Å². The quantitative estimate of drug-likeness (QED) is 0.637. The molecule has 2 atom stereocenters. The molecule has 0 radical (unpaired) electrons. The molecule has 0 fully saturated rings. The van der Waals surface area contributed by atoms with Gasteiger partial charge in [-0.1, -0.05) is 64.1 Å². The zero-order chi connectivity index (χ0) is 23.1. The monoisotopic (exact) mass is 435 g/mol. The Labute approximate surface area is 188 Å². The molecule has 2 aliphatic rings. The molecular weight excluding hydrogens is 406 g/mol. The Hall–Kier alpha value is -3.15. The number of nitrogens with one attached hydrogen (secondary N) is 1. The lowest BCUT2D eigenvalue weighted by Crippen LogP contribution is -2.61. The first kappa shape index (κ1) is 22.1. The van der Waals surface area contributed by atoms with Gasteiger partial charge in [0.2, 0.25) is 17.2 Å². The van der Waals surface area contributed by atoms with Gasteiger partial charge in [-0.3, -0.25) is 14.4 Å². The number of benzene rings is 2. The van der Waals surface area contributed by atoms with Gasteiger partial charge in [-0.15, -0.1) is 0 Å². The van der Waals surface area contributed by atoms with Gasteiger partial charge in [0.1, 0.15) is 5.75 Å². The molecule has 1 aliphatic carbocycles. The summed E-state index contributed by atoms with van der Waals surface area (Å²) in [4.78, 5) is 39.7. The van der Waals surface area contributed by atoms with Crippen LogP contribution in [0.25, 0.3) is 0 Å². The molecule has 2 aromatic rings. The highest BCUT2D eigenvalue weighted by molar-refractivity contribution is 6.12. The summed E-state index contributed by atoms with van der Waals surface area (Å²) in [5.74, 6) is -2.22. The summed E-state index contributed by atoms with van der Waals surface area (Å²) in [6, 6.07) is 12.6. The van der Waals surface area contributed by atoms with E-state index < -0.39 is 17.3 Å². The van der Waals surface area contributed by atoms with Gasteiger partial charge in [-0.05, 0) is 30.4 Å². The second kappa shape index (κ2) is 8.08. The lowest BCUT2D eigenvalue weighted by molar-refractivity contribution is -0.216. The summed E-state index contributed by atoms with van der Waals surface area (Å²) in [6.07, 6.45) is 1.62. The van der Waals surface area contributed by atoms with Crippen LogP contribution in [-0.2, 0) is 25.7 Å². The molecule has 2 aromatic carbocycles. The maximum Gasteiger partial charge on any atom is 0.316 e. The zero-order valence-corrected chi connectivity index (χ0v) is 19.0. The van der Waals surface area contributed by atoms with E-state index in [0.29, 0.717) is 35.3 Å². The lowest BCUT2D eigenvalue weighted by Gasteiger charge is -2.37. The van der Waals surface area contributed by atoms with Gasteiger partial charge in [-0.2, -0.15) is 0 Å². The predicted octanol–water partition coefficient (Wildman–Crippen LogP) is 4.71. The van der Waals surface area contributed by atoms with E-state index in [-0.39, 0.29) is 30.4 Å². The van der Waals surface area contributed by atoms with E-state index in [9.17, 15) is 14.4 Å². The first-order valence-electron chi connectivity index (χ1n) is 11.3. The van der Waals surface area contributed by atoms with E-state index in [0.717, 1.165) is 5.56 Å². The van der Waals surface area contributed by atoms with Crippen LogP contribution < -0.4 is 10.1 Å². The largest absolute Gasteiger partial charge is 0.445 e. The van der Waals surface area contributed by atoms with E-state index in [1.54, 1.807) is 24.3 Å². The van der Waals surface area contributed by atoms with E-state index in [2.05, 4.69) is 19.2 Å². The minimum absolute atomic E-state index is 0.175. The van der Waals surface area contributed by atoms with Crippen molar-refractivity contribution < 1.29 is 23.9 Å². The van der Waals surface area contributed by atoms with E-state index in [1.165, 1.54) is 0 Å². The maximum absolute atomic E-state index is 14.0. The number of carbonyl (C=O) groups is 3. The van der Waals surface area contributed by atoms with Crippen LogP contribution in [-0.4, -0.2) is 17.7 Å². The maximum atomic E-state index is 14.0. The van der Waals surface area contributed by atoms with E-state index >= 15 is 0 Å². The summed E-state index contributed by atoms with van der Waals surface area (Å²) >= 11 is 0. The number of hydrogen-bond acceptors (Lipinski definition) is 5. The topological polar surface area (TPSA) is 81.7 Å². The Morgan fingerprint density at radius 2 is 1.75 bits per heavy atom. The number of ether oxygens (including phenoxy) is 2. The Morgan fingerprint density at radius 3 is 2.44 bits per heavy atom. The van der Waals surface area contributed by atoms with Crippen LogP contribution in [0.1, 0.15) is 86.3 Å². The van der Waals surface area contributed by atoms with Gasteiger partial charge in [-0.25, -0.2) is 0 Å². The zero-order valence-electron chi connectivity index (χ0n) is 19.0. The Bertz CT molecular complexity index is 1090. The van der Waals surface area contributed by atoms with Crippen molar-refractivity contribution >= 4 is 17.7 Å². The fraction of sp³-hybridized carbons (Fsp3) is 0.423. The Balaban J connectivity index is 1.99. The third kappa shape index (κ3) is 3.04. The highest BCUT2D eigenvalue weighted by Crippen LogP contribution is 2.60. The van der Waals surface area contributed by atoms with Crippen molar-refractivity contribution in [3.8, 4) is 5.75 Å². The molecule has 6 nitrogen and oxygen atoms in total. The van der Waals surface area contributed by atoms with Crippen LogP contribution in [0.15, 0.2) is 42.5 Å². The van der Waals surface area contributed by atoms with Crippen molar-refractivity contribution in [2.45, 2.75) is 70.6 Å². The highest BCUT2D eigenvalue weighted by Gasteiger charge is 2.74. The number of hydrogen-bond donors (Lipinski definition) is 1. The molecule has 0 bridgehead atoms. The van der Waals surface area contributed by atoms with Crippen LogP contribution in [0.5, 0.6) is 5.75 Å². The van der Waals surface area contributed by atoms with Crippen molar-refractivity contribution in [2.24, 2.45) is 0 Å². The molecule has 168 valence electrons. The molecule has 6 heteroatoms. The first-order chi connectivity index (χ1) is 15.3. The molecule has 1 N–H and O–H groups in total. The number of carbonyl (C=O) groups excluding carboxylic acids is 3. The van der Waals surface area contributed by atoms with E-state index in [4.69, 9.17) is 9.47 Å². The third-order valence-electron chi connectivity index (χ3n) is 6.21. The third-order valence-corrected chi connectivity index (χ3v) is 6.21. The summed E-state index contributed by atoms with van der Waals surface area (Å²) in [6.45, 7) is 7.90. The van der Waals surface area contributed by atoms with Crippen molar-refractivity contribution in [2.75, 3.05) is 0 Å². The molecule has 4 rings (SSSR count). The SMILES string of the molecule is CCCC(=O)NC12C(=O)c3ccccc3C1(OC(=O)CCC)Oc1cc(C(C)C)ccc12. The molecule has 1 heterocycles. The molecule has 1 aliphatic heterocycles. The van der Waals surface area contributed by atoms with Gasteiger partial charge >= 0.3 is 11.8 Å². The van der Waals surface area contributed by atoms with Crippen LogP contribution >= 0.6 is 0 Å². The normalized spacial score (nSPS) is 22.7. The smallest absolute Gasteiger partial charge is 0.316 e. The molecule has 2 unspecified atom stereocenters. The van der Waals surface area contributed by atoms with E-state index in [1.807, 2.05) is 32.0 Å². The van der Waals surface area contributed by atoms with Crippen molar-refractivity contribution in [3.05, 3.63) is 64.7 Å². The summed E-state index contributed by atoms with van der Waals surface area (Å²) in [5, 5.41) is 2.95. The number of rotatable bonds is 7. The van der Waals surface area contributed by atoms with Crippen LogP contribution in [0, 0.1) is 0 Å². The molecule has 32 heavy (non-hydrogen) atoms. The number of fused-ring (bicyclic) bond motifs is 5. The minimum Gasteiger partial charge on any atom is -0.445 e. The molecule has 0 saturated carbocycles. The summed E-state index contributed by atoms with van der Waals surface area (Å²) in [7, 11) is 0. The van der Waals surface area contributed by atoms with Crippen molar-refractivity contribution in [1.82, 2.24) is 5.32 Å². The summed E-state index contributed by atoms with van der Waals surface area (Å²) in [5.41, 5.74) is 0.698. The second-order valence-electron chi connectivity index (χ2n) is 8.78. The number of ketones is 1. The minimum atomic E-state index is -1.78. The lowest BCUT2D eigenvalue weighted by atomic mass is 9.81. The van der Waals surface area contributed by atoms with Crippen LogP contribution in [0.2, 0.25) is 0 Å². The van der Waals surface area contributed by atoms with Crippen molar-refractivity contribution in [3.63, 3.8) is 0 Å². The van der Waals surface area contributed by atoms with Gasteiger partial charge in [0.05, 0.1) is 5.56 Å². The fourth-order valence-electron chi connectivity index (χ4n) is 4.67. The standard InChI is InChI=1S/C26H29NO5/c1-5-9-22(28)27-25-20-14-13-17(16(3)4)15-21(20)31-26(25,32-23(29)10-6-2)19-12-8-7-11-18(19)24(25)30/h7-8,11-16H,5-6,9-10H2,1-4H3,(H,27,28). The Morgan fingerprint density at radius 1 is 1.03 bits per heavy atom. The molecule has 0 spiro atoms. The molecule has 0 saturated heterocycles. The second-order valence-corrected chi connectivity index (χ2v) is 8.78. The fourth-order valence-corrected chi connectivity index (χ4v) is 4.67. The average molecular weight is 436 g/mol.